The Labute approximate surface area is 175 Å². The van der Waals surface area contributed by atoms with E-state index in [1.807, 2.05) is 32.9 Å². The molecule has 0 aliphatic carbocycles. The predicted molar refractivity (Wildman–Crippen MR) is 119 cm³/mol. The second-order valence-corrected chi connectivity index (χ2v) is 9.69. The number of rotatable bonds is 9. The molecule has 0 aliphatic rings. The van der Waals surface area contributed by atoms with Crippen LogP contribution >= 0.6 is 0 Å². The summed E-state index contributed by atoms with van der Waals surface area (Å²) in [5.74, 6) is 0.0268. The highest BCUT2D eigenvalue weighted by atomic mass is 32.2. The Balaban J connectivity index is 2.39. The van der Waals surface area contributed by atoms with Crippen molar-refractivity contribution in [3.8, 4) is 0 Å². The number of nitrogens with one attached hydrogen (secondary N) is 1. The molecular weight excluding hydrogens is 384 g/mol. The summed E-state index contributed by atoms with van der Waals surface area (Å²) in [5.41, 5.74) is 2.57. The average Bonchev–Trinajstić information content (AvgIpc) is 2.66. The van der Waals surface area contributed by atoms with Gasteiger partial charge in [0.15, 0.2) is 0 Å². The Kier molecular flexibility index (Phi) is 7.85. The molecule has 6 heteroatoms. The molecule has 0 saturated carbocycles. The number of aryl methyl sites for hydroxylation is 1. The molecular formula is C23H32N2O3S. The number of carbonyl (C=O) groups excluding carboxylic acids is 1. The molecule has 2 aromatic rings. The molecule has 0 heterocycles. The largest absolute Gasteiger partial charge is 0.352 e. The Hall–Kier alpha value is -2.34. The van der Waals surface area contributed by atoms with E-state index in [2.05, 4.69) is 19.2 Å². The molecule has 0 radical (unpaired) electrons. The molecule has 0 spiro atoms. The van der Waals surface area contributed by atoms with Crippen molar-refractivity contribution in [2.75, 3.05) is 10.8 Å². The summed E-state index contributed by atoms with van der Waals surface area (Å²) in [7, 11) is -3.87. The van der Waals surface area contributed by atoms with Gasteiger partial charge in [0.1, 0.15) is 6.54 Å². The number of nitrogens with zero attached hydrogens (tertiary/aromatic N) is 1. The van der Waals surface area contributed by atoms with Crippen LogP contribution in [0.2, 0.25) is 0 Å². The maximum Gasteiger partial charge on any atom is 0.264 e. The molecule has 1 atom stereocenters. The fourth-order valence-electron chi connectivity index (χ4n) is 3.13. The maximum atomic E-state index is 13.4. The minimum atomic E-state index is -3.87. The number of anilines is 1. The molecule has 158 valence electrons. The first-order valence-corrected chi connectivity index (χ1v) is 11.6. The monoisotopic (exact) mass is 416 g/mol. The van der Waals surface area contributed by atoms with Gasteiger partial charge in [0.2, 0.25) is 5.91 Å². The first-order valence-electron chi connectivity index (χ1n) is 10.1. The van der Waals surface area contributed by atoms with Crippen LogP contribution < -0.4 is 9.62 Å². The molecule has 0 aliphatic heterocycles. The maximum absolute atomic E-state index is 13.4. The first-order chi connectivity index (χ1) is 13.6. The van der Waals surface area contributed by atoms with Crippen LogP contribution in [0.3, 0.4) is 0 Å². The number of sulfonamides is 1. The van der Waals surface area contributed by atoms with Gasteiger partial charge in [-0.15, -0.1) is 0 Å². The molecule has 0 bridgehead atoms. The van der Waals surface area contributed by atoms with E-state index in [1.165, 1.54) is 4.31 Å². The standard InChI is InChI=1S/C23H32N2O3S/c1-6-7-19(5)24-23(26)16-25(21-12-10-20(11-13-21)17(2)3)29(27,28)22-14-8-18(4)9-15-22/h8-15,17,19H,6-7,16H2,1-5H3,(H,24,26)/t19-/m0/s1. The van der Waals surface area contributed by atoms with Crippen LogP contribution in [0.1, 0.15) is 57.6 Å². The third-order valence-electron chi connectivity index (χ3n) is 4.87. The van der Waals surface area contributed by atoms with Crippen LogP contribution in [0.4, 0.5) is 5.69 Å². The Morgan fingerprint density at radius 3 is 2.10 bits per heavy atom. The third-order valence-corrected chi connectivity index (χ3v) is 6.66. The Morgan fingerprint density at radius 1 is 1.00 bits per heavy atom. The number of carbonyl (C=O) groups is 1. The van der Waals surface area contributed by atoms with Crippen LogP contribution in [0, 0.1) is 6.92 Å². The zero-order valence-electron chi connectivity index (χ0n) is 18.0. The lowest BCUT2D eigenvalue weighted by Crippen LogP contribution is -2.43. The van der Waals surface area contributed by atoms with Gasteiger partial charge < -0.3 is 5.32 Å². The molecule has 29 heavy (non-hydrogen) atoms. The first kappa shape index (κ1) is 22.9. The Morgan fingerprint density at radius 2 is 1.59 bits per heavy atom. The summed E-state index contributed by atoms with van der Waals surface area (Å²) in [5, 5.41) is 2.90. The lowest BCUT2D eigenvalue weighted by atomic mass is 10.0. The lowest BCUT2D eigenvalue weighted by Gasteiger charge is -2.25. The lowest BCUT2D eigenvalue weighted by molar-refractivity contribution is -0.120. The van der Waals surface area contributed by atoms with Crippen molar-refractivity contribution in [2.45, 2.75) is 64.3 Å². The second-order valence-electron chi connectivity index (χ2n) is 7.83. The molecule has 2 rings (SSSR count). The minimum Gasteiger partial charge on any atom is -0.352 e. The summed E-state index contributed by atoms with van der Waals surface area (Å²) in [4.78, 5) is 12.8. The van der Waals surface area contributed by atoms with Gasteiger partial charge in [0, 0.05) is 6.04 Å². The van der Waals surface area contributed by atoms with Gasteiger partial charge in [0.25, 0.3) is 10.0 Å². The number of amides is 1. The second kappa shape index (κ2) is 9.92. The number of hydrogen-bond donors (Lipinski definition) is 1. The minimum absolute atomic E-state index is 0.000235. The quantitative estimate of drug-likeness (QED) is 0.649. The molecule has 2 aromatic carbocycles. The summed E-state index contributed by atoms with van der Waals surface area (Å²) in [6.45, 7) is 9.79. The highest BCUT2D eigenvalue weighted by Gasteiger charge is 2.27. The predicted octanol–water partition coefficient (Wildman–Crippen LogP) is 4.62. The van der Waals surface area contributed by atoms with Gasteiger partial charge in [-0.3, -0.25) is 9.10 Å². The van der Waals surface area contributed by atoms with Crippen LogP contribution in [-0.2, 0) is 14.8 Å². The van der Waals surface area contributed by atoms with E-state index >= 15 is 0 Å². The molecule has 0 aromatic heterocycles. The summed E-state index contributed by atoms with van der Waals surface area (Å²) < 4.78 is 27.9. The van der Waals surface area contributed by atoms with Crippen LogP contribution in [0.5, 0.6) is 0 Å². The van der Waals surface area contributed by atoms with Crippen LogP contribution in [-0.4, -0.2) is 26.9 Å². The van der Waals surface area contributed by atoms with E-state index in [-0.39, 0.29) is 23.4 Å². The van der Waals surface area contributed by atoms with E-state index in [9.17, 15) is 13.2 Å². The molecule has 1 N–H and O–H groups in total. The third kappa shape index (κ3) is 6.07. The van der Waals surface area contributed by atoms with Crippen molar-refractivity contribution in [3.05, 3.63) is 59.7 Å². The fraction of sp³-hybridized carbons (Fsp3) is 0.435. The zero-order chi connectivity index (χ0) is 21.6. The van der Waals surface area contributed by atoms with E-state index < -0.39 is 10.0 Å². The molecule has 0 fully saturated rings. The SMILES string of the molecule is CCC[C@H](C)NC(=O)CN(c1ccc(C(C)C)cc1)S(=O)(=O)c1ccc(C)cc1. The van der Waals surface area contributed by atoms with Gasteiger partial charge in [-0.1, -0.05) is 57.0 Å². The van der Waals surface area contributed by atoms with Crippen molar-refractivity contribution < 1.29 is 13.2 Å². The van der Waals surface area contributed by atoms with Gasteiger partial charge in [-0.2, -0.15) is 0 Å². The number of benzene rings is 2. The highest BCUT2D eigenvalue weighted by molar-refractivity contribution is 7.92. The van der Waals surface area contributed by atoms with Crippen molar-refractivity contribution in [2.24, 2.45) is 0 Å². The summed E-state index contributed by atoms with van der Waals surface area (Å²) in [6, 6.07) is 14.0. The van der Waals surface area contributed by atoms with Crippen molar-refractivity contribution in [1.29, 1.82) is 0 Å². The summed E-state index contributed by atoms with van der Waals surface area (Å²) >= 11 is 0. The van der Waals surface area contributed by atoms with Gasteiger partial charge in [-0.05, 0) is 56.0 Å². The van der Waals surface area contributed by atoms with E-state index in [4.69, 9.17) is 0 Å². The Bertz CT molecular complexity index is 904. The number of hydrogen-bond acceptors (Lipinski definition) is 3. The summed E-state index contributed by atoms with van der Waals surface area (Å²) in [6.07, 6.45) is 1.79. The zero-order valence-corrected chi connectivity index (χ0v) is 18.8. The highest BCUT2D eigenvalue weighted by Crippen LogP contribution is 2.26. The normalized spacial score (nSPS) is 12.6. The molecule has 5 nitrogen and oxygen atoms in total. The smallest absolute Gasteiger partial charge is 0.264 e. The van der Waals surface area contributed by atoms with E-state index in [0.29, 0.717) is 11.6 Å². The van der Waals surface area contributed by atoms with Crippen molar-refractivity contribution in [1.82, 2.24) is 5.32 Å². The average molecular weight is 417 g/mol. The van der Waals surface area contributed by atoms with Gasteiger partial charge in [0.05, 0.1) is 10.6 Å². The van der Waals surface area contributed by atoms with Crippen LogP contribution in [0.15, 0.2) is 53.4 Å². The van der Waals surface area contributed by atoms with Gasteiger partial charge in [-0.25, -0.2) is 8.42 Å². The van der Waals surface area contributed by atoms with Crippen molar-refractivity contribution >= 4 is 21.6 Å². The fourth-order valence-corrected chi connectivity index (χ4v) is 4.56. The molecule has 0 saturated heterocycles. The van der Waals surface area contributed by atoms with E-state index in [0.717, 1.165) is 24.0 Å². The van der Waals surface area contributed by atoms with Crippen molar-refractivity contribution in [3.63, 3.8) is 0 Å². The molecule has 1 amide bonds. The topological polar surface area (TPSA) is 66.5 Å². The van der Waals surface area contributed by atoms with E-state index in [1.54, 1.807) is 36.4 Å². The van der Waals surface area contributed by atoms with Gasteiger partial charge >= 0.3 is 0 Å². The molecule has 0 unspecified atom stereocenters. The van der Waals surface area contributed by atoms with Crippen LogP contribution in [0.25, 0.3) is 0 Å².